The highest BCUT2D eigenvalue weighted by atomic mass is 32.2. The maximum Gasteiger partial charge on any atom is 0.237 e. The molecule has 20 heavy (non-hydrogen) atoms. The summed E-state index contributed by atoms with van der Waals surface area (Å²) in [7, 11) is 0. The van der Waals surface area contributed by atoms with E-state index < -0.39 is 5.54 Å². The first-order valence-electron chi connectivity index (χ1n) is 7.14. The number of hydrogen-bond acceptors (Lipinski definition) is 5. The van der Waals surface area contributed by atoms with Crippen LogP contribution in [0.15, 0.2) is 23.6 Å². The Hall–Kier alpha value is -1.14. The van der Waals surface area contributed by atoms with E-state index in [9.17, 15) is 4.79 Å². The monoisotopic (exact) mass is 294 g/mol. The fourth-order valence-corrected chi connectivity index (χ4v) is 3.91. The van der Waals surface area contributed by atoms with E-state index in [1.54, 1.807) is 30.4 Å². The number of nitrogens with two attached hydrogens (primary N) is 1. The van der Waals surface area contributed by atoms with Gasteiger partial charge in [-0.2, -0.15) is 0 Å². The summed E-state index contributed by atoms with van der Waals surface area (Å²) in [6.07, 6.45) is 9.83. The number of hydrogen-bond donors (Lipinski definition) is 2. The summed E-state index contributed by atoms with van der Waals surface area (Å²) < 4.78 is 0. The van der Waals surface area contributed by atoms with Gasteiger partial charge in [-0.05, 0) is 38.6 Å². The lowest BCUT2D eigenvalue weighted by atomic mass is 9.80. The molecular formula is C14H22N4OS. The Labute approximate surface area is 124 Å². The number of nitrogens with one attached hydrogen (secondary N) is 1. The molecule has 5 nitrogen and oxygen atoms in total. The lowest BCUT2D eigenvalue weighted by Gasteiger charge is -2.39. The zero-order valence-electron chi connectivity index (χ0n) is 11.8. The van der Waals surface area contributed by atoms with Crippen molar-refractivity contribution < 1.29 is 4.79 Å². The molecule has 110 valence electrons. The van der Waals surface area contributed by atoms with E-state index in [1.807, 2.05) is 0 Å². The molecule has 0 saturated heterocycles. The van der Waals surface area contributed by atoms with Crippen molar-refractivity contribution in [3.05, 3.63) is 18.6 Å². The van der Waals surface area contributed by atoms with E-state index >= 15 is 0 Å². The van der Waals surface area contributed by atoms with Crippen molar-refractivity contribution in [3.63, 3.8) is 0 Å². The van der Waals surface area contributed by atoms with Crippen LogP contribution < -0.4 is 11.1 Å². The second kappa shape index (κ2) is 7.04. The Kier molecular flexibility index (Phi) is 5.37. The predicted octanol–water partition coefficient (Wildman–Crippen LogP) is 1.73. The van der Waals surface area contributed by atoms with Gasteiger partial charge in [0.2, 0.25) is 5.91 Å². The minimum atomic E-state index is -0.547. The third-order valence-corrected chi connectivity index (χ3v) is 4.91. The standard InChI is InChI=1S/C14H22N4OS/c1-2-6-18-14(13(15)19)5-3-4-11(9-14)20-12-10-16-7-8-17-12/h7-8,10-11,18H,2-6,9H2,1H3,(H2,15,19). The summed E-state index contributed by atoms with van der Waals surface area (Å²) >= 11 is 1.70. The molecule has 1 heterocycles. The zero-order chi connectivity index (χ0) is 14.4. The van der Waals surface area contributed by atoms with Gasteiger partial charge in [-0.15, -0.1) is 11.8 Å². The molecule has 1 saturated carbocycles. The van der Waals surface area contributed by atoms with Crippen molar-refractivity contribution in [1.82, 2.24) is 15.3 Å². The lowest BCUT2D eigenvalue weighted by molar-refractivity contribution is -0.125. The molecular weight excluding hydrogens is 272 g/mol. The minimum Gasteiger partial charge on any atom is -0.368 e. The summed E-state index contributed by atoms with van der Waals surface area (Å²) in [5.74, 6) is -0.226. The number of nitrogens with zero attached hydrogens (tertiary/aromatic N) is 2. The molecule has 0 aliphatic heterocycles. The van der Waals surface area contributed by atoms with Crippen molar-refractivity contribution in [1.29, 1.82) is 0 Å². The molecule has 2 rings (SSSR count). The van der Waals surface area contributed by atoms with Crippen molar-refractivity contribution in [3.8, 4) is 0 Å². The Morgan fingerprint density at radius 2 is 2.45 bits per heavy atom. The number of primary amides is 1. The van der Waals surface area contributed by atoms with Crippen LogP contribution in [0.25, 0.3) is 0 Å². The molecule has 1 aromatic rings. The van der Waals surface area contributed by atoms with E-state index in [0.717, 1.165) is 43.7 Å². The molecule has 1 aromatic heterocycles. The topological polar surface area (TPSA) is 80.9 Å². The zero-order valence-corrected chi connectivity index (χ0v) is 12.7. The van der Waals surface area contributed by atoms with Gasteiger partial charge in [0.05, 0.1) is 11.7 Å². The molecule has 3 N–H and O–H groups in total. The highest BCUT2D eigenvalue weighted by Crippen LogP contribution is 2.37. The number of amides is 1. The van der Waals surface area contributed by atoms with Crippen LogP contribution in [-0.2, 0) is 4.79 Å². The molecule has 0 spiro atoms. The van der Waals surface area contributed by atoms with E-state index in [4.69, 9.17) is 5.73 Å². The molecule has 0 aromatic carbocycles. The lowest BCUT2D eigenvalue weighted by Crippen LogP contribution is -2.58. The maximum absolute atomic E-state index is 11.9. The summed E-state index contributed by atoms with van der Waals surface area (Å²) in [5.41, 5.74) is 5.11. The van der Waals surface area contributed by atoms with Gasteiger partial charge in [0.1, 0.15) is 5.03 Å². The first-order chi connectivity index (χ1) is 9.66. The van der Waals surface area contributed by atoms with Crippen LogP contribution in [0.2, 0.25) is 0 Å². The van der Waals surface area contributed by atoms with Gasteiger partial charge >= 0.3 is 0 Å². The number of rotatable bonds is 6. The average Bonchev–Trinajstić information content (AvgIpc) is 2.46. The Balaban J connectivity index is 2.04. The van der Waals surface area contributed by atoms with Crippen molar-refractivity contribution >= 4 is 17.7 Å². The maximum atomic E-state index is 11.9. The van der Waals surface area contributed by atoms with E-state index in [0.29, 0.717) is 5.25 Å². The SMILES string of the molecule is CCCNC1(C(N)=O)CCCC(Sc2cnccn2)C1. The molecule has 0 radical (unpaired) electrons. The molecule has 1 aliphatic rings. The summed E-state index contributed by atoms with van der Waals surface area (Å²) in [6.45, 7) is 2.92. The number of thioether (sulfide) groups is 1. The van der Waals surface area contributed by atoms with Gasteiger partial charge in [0, 0.05) is 17.6 Å². The van der Waals surface area contributed by atoms with Gasteiger partial charge in [-0.1, -0.05) is 6.92 Å². The summed E-state index contributed by atoms with van der Waals surface area (Å²) in [5, 5.41) is 4.65. The third kappa shape index (κ3) is 3.70. The van der Waals surface area contributed by atoms with Crippen molar-refractivity contribution in [2.75, 3.05) is 6.54 Å². The molecule has 1 fully saturated rings. The van der Waals surface area contributed by atoms with Crippen LogP contribution in [0.3, 0.4) is 0 Å². The largest absolute Gasteiger partial charge is 0.368 e. The average molecular weight is 294 g/mol. The first kappa shape index (κ1) is 15.3. The van der Waals surface area contributed by atoms with Crippen LogP contribution in [0.4, 0.5) is 0 Å². The summed E-state index contributed by atoms with van der Waals surface area (Å²) in [4.78, 5) is 20.3. The fraction of sp³-hybridized carbons (Fsp3) is 0.643. The molecule has 2 unspecified atom stereocenters. The van der Waals surface area contributed by atoms with E-state index in [-0.39, 0.29) is 5.91 Å². The molecule has 2 atom stereocenters. The van der Waals surface area contributed by atoms with Crippen molar-refractivity contribution in [2.45, 2.75) is 54.8 Å². The van der Waals surface area contributed by atoms with E-state index in [1.165, 1.54) is 0 Å². The van der Waals surface area contributed by atoms with Crippen LogP contribution in [0.5, 0.6) is 0 Å². The molecule has 1 amide bonds. The van der Waals surface area contributed by atoms with Crippen LogP contribution in [0.1, 0.15) is 39.0 Å². The van der Waals surface area contributed by atoms with E-state index in [2.05, 4.69) is 22.2 Å². The number of carbonyl (C=O) groups is 1. The van der Waals surface area contributed by atoms with Crippen LogP contribution >= 0.6 is 11.8 Å². The highest BCUT2D eigenvalue weighted by Gasteiger charge is 2.41. The fourth-order valence-electron chi connectivity index (χ4n) is 2.68. The Morgan fingerprint density at radius 3 is 3.10 bits per heavy atom. The Bertz CT molecular complexity index is 442. The first-order valence-corrected chi connectivity index (χ1v) is 8.02. The Morgan fingerprint density at radius 1 is 1.60 bits per heavy atom. The quantitative estimate of drug-likeness (QED) is 0.835. The van der Waals surface area contributed by atoms with Gasteiger partial charge in [0.15, 0.2) is 0 Å². The van der Waals surface area contributed by atoms with Crippen LogP contribution in [-0.4, -0.2) is 33.2 Å². The number of aromatic nitrogens is 2. The van der Waals surface area contributed by atoms with Gasteiger partial charge in [0.25, 0.3) is 0 Å². The minimum absolute atomic E-state index is 0.226. The number of carbonyl (C=O) groups excluding carboxylic acids is 1. The van der Waals surface area contributed by atoms with Crippen LogP contribution in [0, 0.1) is 0 Å². The summed E-state index contributed by atoms with van der Waals surface area (Å²) in [6, 6.07) is 0. The molecule has 6 heteroatoms. The second-order valence-corrected chi connectivity index (χ2v) is 6.57. The van der Waals surface area contributed by atoms with Gasteiger partial charge in [-0.25, -0.2) is 4.98 Å². The van der Waals surface area contributed by atoms with Crippen molar-refractivity contribution in [2.24, 2.45) is 5.73 Å². The third-order valence-electron chi connectivity index (χ3n) is 3.72. The molecule has 0 bridgehead atoms. The highest BCUT2D eigenvalue weighted by molar-refractivity contribution is 7.99. The van der Waals surface area contributed by atoms with Gasteiger partial charge in [-0.3, -0.25) is 9.78 Å². The second-order valence-electron chi connectivity index (χ2n) is 5.25. The smallest absolute Gasteiger partial charge is 0.237 e. The van der Waals surface area contributed by atoms with Gasteiger partial charge < -0.3 is 11.1 Å². The molecule has 1 aliphatic carbocycles. The predicted molar refractivity (Wildman–Crippen MR) is 80.4 cm³/mol. The normalized spacial score (nSPS) is 26.4.